The molecule has 0 bridgehead atoms. The molecular weight excluding hydrogens is 414 g/mol. The molecule has 0 saturated carbocycles. The molecule has 2 amide bonds. The van der Waals surface area contributed by atoms with Gasteiger partial charge in [-0.25, -0.2) is 5.43 Å². The summed E-state index contributed by atoms with van der Waals surface area (Å²) in [4.78, 5) is 24.2. The van der Waals surface area contributed by atoms with Crippen LogP contribution in [-0.4, -0.2) is 18.0 Å². The summed E-state index contributed by atoms with van der Waals surface area (Å²) in [6, 6.07) is 22.0. The number of amides is 2. The highest BCUT2D eigenvalue weighted by Crippen LogP contribution is 2.21. The predicted octanol–water partition coefficient (Wildman–Crippen LogP) is 4.57. The highest BCUT2D eigenvalue weighted by molar-refractivity contribution is 6.39. The maximum absolute atomic E-state index is 12.1. The molecule has 0 radical (unpaired) electrons. The first-order chi connectivity index (χ1) is 15.1. The molecule has 0 unspecified atom stereocenters. The molecule has 0 spiro atoms. The van der Waals surface area contributed by atoms with E-state index in [1.165, 1.54) is 6.21 Å². The van der Waals surface area contributed by atoms with Gasteiger partial charge in [0.1, 0.15) is 12.4 Å². The molecule has 0 fully saturated rings. The van der Waals surface area contributed by atoms with Crippen LogP contribution in [0, 0.1) is 0 Å². The van der Waals surface area contributed by atoms with Gasteiger partial charge >= 0.3 is 11.8 Å². The average Bonchev–Trinajstić information content (AvgIpc) is 2.79. The second-order valence-electron chi connectivity index (χ2n) is 6.58. The summed E-state index contributed by atoms with van der Waals surface area (Å²) in [5.41, 5.74) is 5.29. The first-order valence-electron chi connectivity index (χ1n) is 9.76. The Morgan fingerprint density at radius 3 is 2.39 bits per heavy atom. The lowest BCUT2D eigenvalue weighted by atomic mass is 10.1. The Bertz CT molecular complexity index is 1100. The zero-order valence-corrected chi connectivity index (χ0v) is 17.7. The highest BCUT2D eigenvalue weighted by atomic mass is 35.5. The van der Waals surface area contributed by atoms with E-state index >= 15 is 0 Å². The van der Waals surface area contributed by atoms with Crippen LogP contribution in [0.1, 0.15) is 23.6 Å². The number of nitrogens with one attached hydrogen (secondary N) is 2. The summed E-state index contributed by atoms with van der Waals surface area (Å²) < 4.78 is 5.85. The summed E-state index contributed by atoms with van der Waals surface area (Å²) in [7, 11) is 0. The molecule has 7 heteroatoms. The molecule has 31 heavy (non-hydrogen) atoms. The third kappa shape index (κ3) is 6.17. The van der Waals surface area contributed by atoms with Crippen LogP contribution >= 0.6 is 11.6 Å². The van der Waals surface area contributed by atoms with Crippen molar-refractivity contribution in [2.45, 2.75) is 20.0 Å². The third-order valence-electron chi connectivity index (χ3n) is 4.48. The molecule has 0 atom stereocenters. The number of aryl methyl sites for hydroxylation is 1. The quantitative estimate of drug-likeness (QED) is 0.324. The third-order valence-corrected chi connectivity index (χ3v) is 4.85. The number of carbonyl (C=O) groups is 2. The molecule has 3 aromatic rings. The molecule has 2 N–H and O–H groups in total. The van der Waals surface area contributed by atoms with Crippen LogP contribution in [0.4, 0.5) is 5.69 Å². The van der Waals surface area contributed by atoms with Crippen molar-refractivity contribution >= 4 is 35.3 Å². The van der Waals surface area contributed by atoms with E-state index in [1.807, 2.05) is 49.4 Å². The van der Waals surface area contributed by atoms with Crippen molar-refractivity contribution in [1.29, 1.82) is 0 Å². The average molecular weight is 436 g/mol. The van der Waals surface area contributed by atoms with Crippen LogP contribution in [0.25, 0.3) is 0 Å². The Hall–Kier alpha value is -3.64. The monoisotopic (exact) mass is 435 g/mol. The van der Waals surface area contributed by atoms with Crippen LogP contribution in [-0.2, 0) is 22.6 Å². The molecule has 3 aromatic carbocycles. The number of nitrogens with zero attached hydrogens (tertiary/aromatic N) is 1. The van der Waals surface area contributed by atoms with Gasteiger partial charge in [0, 0.05) is 21.8 Å². The van der Waals surface area contributed by atoms with Crippen molar-refractivity contribution in [3.05, 3.63) is 94.5 Å². The molecule has 0 aliphatic heterocycles. The largest absolute Gasteiger partial charge is 0.488 e. The summed E-state index contributed by atoms with van der Waals surface area (Å²) in [5, 5.41) is 7.11. The van der Waals surface area contributed by atoms with Gasteiger partial charge in [-0.3, -0.25) is 9.59 Å². The minimum atomic E-state index is -0.864. The van der Waals surface area contributed by atoms with E-state index in [4.69, 9.17) is 16.3 Å². The summed E-state index contributed by atoms with van der Waals surface area (Å²) in [6.45, 7) is 2.26. The van der Waals surface area contributed by atoms with Gasteiger partial charge in [-0.05, 0) is 36.2 Å². The van der Waals surface area contributed by atoms with Crippen LogP contribution < -0.4 is 15.5 Å². The lowest BCUT2D eigenvalue weighted by molar-refractivity contribution is -0.136. The number of para-hydroxylation sites is 2. The topological polar surface area (TPSA) is 79.8 Å². The second-order valence-corrected chi connectivity index (χ2v) is 6.99. The summed E-state index contributed by atoms with van der Waals surface area (Å²) in [5.74, 6) is -1.08. The standard InChI is InChI=1S/C24H22ClN3O3/c1-2-17-9-4-7-13-21(17)27-23(29)24(30)28-26-15-18-10-5-8-14-22(18)31-16-19-11-3-6-12-20(19)25/h3-15H,2,16H2,1H3,(H,27,29)(H,28,30). The number of rotatable bonds is 7. The molecule has 0 aliphatic carbocycles. The SMILES string of the molecule is CCc1ccccc1NC(=O)C(=O)NN=Cc1ccccc1OCc1ccccc1Cl. The Morgan fingerprint density at radius 2 is 1.61 bits per heavy atom. The second kappa shape index (κ2) is 10.9. The van der Waals surface area contributed by atoms with Gasteiger partial charge in [0.15, 0.2) is 0 Å². The fourth-order valence-electron chi connectivity index (χ4n) is 2.83. The number of halogens is 1. The van der Waals surface area contributed by atoms with E-state index in [2.05, 4.69) is 15.8 Å². The molecule has 158 valence electrons. The lowest BCUT2D eigenvalue weighted by Crippen LogP contribution is -2.32. The van der Waals surface area contributed by atoms with Crippen LogP contribution in [0.5, 0.6) is 5.75 Å². The molecule has 0 heterocycles. The van der Waals surface area contributed by atoms with Crippen molar-refractivity contribution in [2.24, 2.45) is 5.10 Å². The van der Waals surface area contributed by atoms with E-state index in [0.717, 1.165) is 17.5 Å². The number of anilines is 1. The van der Waals surface area contributed by atoms with Gasteiger partial charge in [-0.15, -0.1) is 0 Å². The Morgan fingerprint density at radius 1 is 0.935 bits per heavy atom. The summed E-state index contributed by atoms with van der Waals surface area (Å²) in [6.07, 6.45) is 2.16. The van der Waals surface area contributed by atoms with Gasteiger partial charge in [0.25, 0.3) is 0 Å². The maximum Gasteiger partial charge on any atom is 0.329 e. The zero-order valence-electron chi connectivity index (χ0n) is 17.0. The molecular formula is C24H22ClN3O3. The fourth-order valence-corrected chi connectivity index (χ4v) is 3.02. The number of hydrogen-bond donors (Lipinski definition) is 2. The van der Waals surface area contributed by atoms with E-state index in [9.17, 15) is 9.59 Å². The van der Waals surface area contributed by atoms with Crippen LogP contribution in [0.2, 0.25) is 5.02 Å². The van der Waals surface area contributed by atoms with Gasteiger partial charge in [-0.2, -0.15) is 5.10 Å². The fraction of sp³-hybridized carbons (Fsp3) is 0.125. The van der Waals surface area contributed by atoms with Crippen molar-refractivity contribution in [2.75, 3.05) is 5.32 Å². The number of hydrogen-bond acceptors (Lipinski definition) is 4. The molecule has 0 aliphatic rings. The van der Waals surface area contributed by atoms with Crippen molar-refractivity contribution in [3.8, 4) is 5.75 Å². The molecule has 0 aromatic heterocycles. The zero-order chi connectivity index (χ0) is 22.1. The first kappa shape index (κ1) is 22.1. The van der Waals surface area contributed by atoms with Gasteiger partial charge < -0.3 is 10.1 Å². The Balaban J connectivity index is 1.60. The predicted molar refractivity (Wildman–Crippen MR) is 122 cm³/mol. The van der Waals surface area contributed by atoms with Crippen molar-refractivity contribution in [1.82, 2.24) is 5.43 Å². The molecule has 3 rings (SSSR count). The lowest BCUT2D eigenvalue weighted by Gasteiger charge is -2.10. The Labute approximate surface area is 185 Å². The van der Waals surface area contributed by atoms with Crippen LogP contribution in [0.3, 0.4) is 0 Å². The minimum absolute atomic E-state index is 0.288. The number of hydrazone groups is 1. The highest BCUT2D eigenvalue weighted by Gasteiger charge is 2.14. The number of carbonyl (C=O) groups excluding carboxylic acids is 2. The number of benzene rings is 3. The number of ether oxygens (including phenoxy) is 1. The smallest absolute Gasteiger partial charge is 0.329 e. The van der Waals surface area contributed by atoms with Gasteiger partial charge in [0.2, 0.25) is 0 Å². The minimum Gasteiger partial charge on any atom is -0.488 e. The normalized spacial score (nSPS) is 10.6. The van der Waals surface area contributed by atoms with E-state index in [-0.39, 0.29) is 6.61 Å². The van der Waals surface area contributed by atoms with E-state index in [1.54, 1.807) is 30.3 Å². The van der Waals surface area contributed by atoms with Gasteiger partial charge in [-0.1, -0.05) is 67.1 Å². The molecule has 0 saturated heterocycles. The first-order valence-corrected chi connectivity index (χ1v) is 10.1. The van der Waals surface area contributed by atoms with Crippen molar-refractivity contribution < 1.29 is 14.3 Å². The van der Waals surface area contributed by atoms with Crippen molar-refractivity contribution in [3.63, 3.8) is 0 Å². The molecule has 6 nitrogen and oxygen atoms in total. The van der Waals surface area contributed by atoms with Gasteiger partial charge in [0.05, 0.1) is 6.21 Å². The van der Waals surface area contributed by atoms with Crippen LogP contribution in [0.15, 0.2) is 77.9 Å². The Kier molecular flexibility index (Phi) is 7.79. The summed E-state index contributed by atoms with van der Waals surface area (Å²) >= 11 is 6.16. The van der Waals surface area contributed by atoms with E-state index in [0.29, 0.717) is 22.0 Å². The van der Waals surface area contributed by atoms with E-state index < -0.39 is 11.8 Å². The maximum atomic E-state index is 12.1.